The average molecular weight is 564 g/mol. The number of hydrogen-bond acceptors (Lipinski definition) is 9. The number of ether oxygens (including phenoxy) is 2. The maximum Gasteiger partial charge on any atom is 0.459 e. The van der Waals surface area contributed by atoms with Gasteiger partial charge in [0.2, 0.25) is 0 Å². The van der Waals surface area contributed by atoms with Crippen molar-refractivity contribution in [3.05, 3.63) is 62.4 Å². The van der Waals surface area contributed by atoms with Crippen molar-refractivity contribution in [2.75, 3.05) is 6.61 Å². The quantitative estimate of drug-likeness (QED) is 0.289. The maximum absolute atomic E-state index is 15.5. The van der Waals surface area contributed by atoms with E-state index in [2.05, 4.69) is 5.09 Å². The number of rotatable bonds is 10. The summed E-state index contributed by atoms with van der Waals surface area (Å²) in [6, 6.07) is 6.79. The normalized spacial score (nSPS) is 26.0. The zero-order chi connectivity index (χ0) is 27.5. The molecule has 1 aromatic heterocycles. The molecule has 1 saturated heterocycles. The molecule has 0 bridgehead atoms. The Morgan fingerprint density at radius 1 is 1.32 bits per heavy atom. The summed E-state index contributed by atoms with van der Waals surface area (Å²) in [5.41, 5.74) is -4.45. The Bertz CT molecular complexity index is 1270. The number of H-pyrrole nitrogens is 1. The fourth-order valence-electron chi connectivity index (χ4n) is 3.49. The molecule has 2 aromatic rings. The van der Waals surface area contributed by atoms with Crippen molar-refractivity contribution in [3.8, 4) is 5.75 Å². The standard InChI is InChI=1S/C22H28ClFN3O9P/c1-12(2)34-19(30)13(3)26-37(32,36-14-8-6-5-7-9-14)33-11-16-17(28)22(4,24)20(35-16)27-10-15(23)18(29)25-21(27)31/h5-10,12-13,16-17,20,28H,11H2,1-4H3,(H,26,32)(H,25,29,31)/t13-,16-,17-,20-,22-,37+/m1/s1. The third kappa shape index (κ3) is 6.86. The lowest BCUT2D eigenvalue weighted by molar-refractivity contribution is -0.149. The molecule has 6 atom stereocenters. The van der Waals surface area contributed by atoms with Crippen molar-refractivity contribution < 1.29 is 37.4 Å². The van der Waals surface area contributed by atoms with E-state index in [1.54, 1.807) is 32.0 Å². The molecule has 0 radical (unpaired) electrons. The molecule has 0 unspecified atom stereocenters. The third-order valence-electron chi connectivity index (χ3n) is 5.33. The van der Waals surface area contributed by atoms with Gasteiger partial charge in [-0.3, -0.25) is 23.7 Å². The lowest BCUT2D eigenvalue weighted by Gasteiger charge is -2.25. The SMILES string of the molecule is CC(C)OC(=O)[C@@H](C)N[P@](=O)(OC[C@H]1O[C@@H](n2cc(Cl)c(=O)[nH]c2=O)[C@](C)(F)[C@@H]1O)Oc1ccccc1. The van der Waals surface area contributed by atoms with Crippen LogP contribution < -0.4 is 20.9 Å². The van der Waals surface area contributed by atoms with Gasteiger partial charge in [-0.15, -0.1) is 0 Å². The zero-order valence-electron chi connectivity index (χ0n) is 20.4. The van der Waals surface area contributed by atoms with Gasteiger partial charge < -0.3 is 19.1 Å². The number of esters is 1. The molecule has 1 aliphatic rings. The van der Waals surface area contributed by atoms with E-state index in [1.165, 1.54) is 19.1 Å². The van der Waals surface area contributed by atoms with Crippen LogP contribution in [0.5, 0.6) is 5.75 Å². The molecule has 0 spiro atoms. The van der Waals surface area contributed by atoms with E-state index in [4.69, 9.17) is 30.1 Å². The van der Waals surface area contributed by atoms with E-state index in [1.807, 2.05) is 4.98 Å². The van der Waals surface area contributed by atoms with Gasteiger partial charge in [0, 0.05) is 6.20 Å². The maximum atomic E-state index is 15.5. The van der Waals surface area contributed by atoms with Gasteiger partial charge in [0.25, 0.3) is 5.56 Å². The number of carbonyl (C=O) groups is 1. The first-order valence-corrected chi connectivity index (χ1v) is 13.2. The van der Waals surface area contributed by atoms with Crippen molar-refractivity contribution in [2.45, 2.75) is 63.9 Å². The van der Waals surface area contributed by atoms with Crippen LogP contribution in [-0.2, 0) is 23.4 Å². The molecule has 1 aliphatic heterocycles. The molecule has 15 heteroatoms. The molecule has 0 saturated carbocycles. The highest BCUT2D eigenvalue weighted by molar-refractivity contribution is 7.52. The summed E-state index contributed by atoms with van der Waals surface area (Å²) in [4.78, 5) is 38.0. The van der Waals surface area contributed by atoms with Gasteiger partial charge in [0.15, 0.2) is 11.9 Å². The minimum atomic E-state index is -4.33. The van der Waals surface area contributed by atoms with Crippen LogP contribution in [0.3, 0.4) is 0 Å². The van der Waals surface area contributed by atoms with E-state index >= 15 is 4.39 Å². The summed E-state index contributed by atoms with van der Waals surface area (Å²) >= 11 is 5.77. The number of aliphatic hydroxyl groups is 1. The fraction of sp³-hybridized carbons (Fsp3) is 0.500. The van der Waals surface area contributed by atoms with Gasteiger partial charge in [-0.2, -0.15) is 5.09 Å². The highest BCUT2D eigenvalue weighted by atomic mass is 35.5. The summed E-state index contributed by atoms with van der Waals surface area (Å²) in [6.07, 6.45) is -4.55. The van der Waals surface area contributed by atoms with Crippen molar-refractivity contribution in [2.24, 2.45) is 0 Å². The molecular formula is C22H28ClFN3O9P. The lowest BCUT2D eigenvalue weighted by Crippen LogP contribution is -2.44. The van der Waals surface area contributed by atoms with Gasteiger partial charge in [0.05, 0.1) is 12.7 Å². The van der Waals surface area contributed by atoms with Crippen LogP contribution in [0, 0.1) is 0 Å². The average Bonchev–Trinajstić information content (AvgIpc) is 3.03. The van der Waals surface area contributed by atoms with Gasteiger partial charge in [-0.05, 0) is 39.8 Å². The molecule has 37 heavy (non-hydrogen) atoms. The smallest absolute Gasteiger partial charge is 0.459 e. The summed E-state index contributed by atoms with van der Waals surface area (Å²) in [5, 5.41) is 12.7. The predicted molar refractivity (Wildman–Crippen MR) is 130 cm³/mol. The van der Waals surface area contributed by atoms with Crippen LogP contribution in [-0.4, -0.2) is 57.3 Å². The molecule has 1 aromatic carbocycles. The number of aromatic amines is 1. The van der Waals surface area contributed by atoms with Gasteiger partial charge in [0.1, 0.15) is 29.0 Å². The number of aromatic nitrogens is 2. The Morgan fingerprint density at radius 2 is 1.97 bits per heavy atom. The molecule has 204 valence electrons. The Kier molecular flexibility index (Phi) is 8.99. The number of nitrogens with zero attached hydrogens (tertiary/aromatic N) is 1. The number of para-hydroxylation sites is 1. The second-order valence-electron chi connectivity index (χ2n) is 8.80. The van der Waals surface area contributed by atoms with Crippen molar-refractivity contribution in [1.82, 2.24) is 14.6 Å². The number of aliphatic hydroxyl groups excluding tert-OH is 1. The zero-order valence-corrected chi connectivity index (χ0v) is 22.1. The van der Waals surface area contributed by atoms with Crippen LogP contribution >= 0.6 is 19.3 Å². The lowest BCUT2D eigenvalue weighted by atomic mass is 9.98. The van der Waals surface area contributed by atoms with Crippen molar-refractivity contribution in [3.63, 3.8) is 0 Å². The summed E-state index contributed by atoms with van der Waals surface area (Å²) in [5.74, 6) is -0.586. The minimum absolute atomic E-state index is 0.137. The highest BCUT2D eigenvalue weighted by Crippen LogP contribution is 2.47. The van der Waals surface area contributed by atoms with E-state index in [0.717, 1.165) is 13.1 Å². The first kappa shape index (κ1) is 29.0. The number of hydrogen-bond donors (Lipinski definition) is 3. The van der Waals surface area contributed by atoms with E-state index < -0.39 is 72.8 Å². The summed E-state index contributed by atoms with van der Waals surface area (Å²) < 4.78 is 51.4. The molecule has 12 nitrogen and oxygen atoms in total. The van der Waals surface area contributed by atoms with Crippen molar-refractivity contribution in [1.29, 1.82) is 0 Å². The first-order chi connectivity index (χ1) is 17.2. The Morgan fingerprint density at radius 3 is 2.59 bits per heavy atom. The second kappa shape index (κ2) is 11.5. The highest BCUT2D eigenvalue weighted by Gasteiger charge is 2.56. The minimum Gasteiger partial charge on any atom is -0.462 e. The second-order valence-corrected chi connectivity index (χ2v) is 10.9. The van der Waals surface area contributed by atoms with E-state index in [-0.39, 0.29) is 5.75 Å². The van der Waals surface area contributed by atoms with Gasteiger partial charge >= 0.3 is 19.4 Å². The van der Waals surface area contributed by atoms with E-state index in [9.17, 15) is 24.1 Å². The summed E-state index contributed by atoms with van der Waals surface area (Å²) in [6.45, 7) is 4.98. The monoisotopic (exact) mass is 563 g/mol. The van der Waals surface area contributed by atoms with Gasteiger partial charge in [-0.25, -0.2) is 13.8 Å². The number of halogens is 2. The van der Waals surface area contributed by atoms with Crippen LogP contribution in [0.25, 0.3) is 0 Å². The molecule has 0 aliphatic carbocycles. The van der Waals surface area contributed by atoms with Crippen LogP contribution in [0.4, 0.5) is 4.39 Å². The Labute approximate surface area is 216 Å². The number of nitrogens with one attached hydrogen (secondary N) is 2. The van der Waals surface area contributed by atoms with Gasteiger partial charge in [-0.1, -0.05) is 29.8 Å². The molecule has 3 N–H and O–H groups in total. The third-order valence-corrected chi connectivity index (χ3v) is 7.24. The number of carbonyl (C=O) groups excluding carboxylic acids is 1. The first-order valence-electron chi connectivity index (χ1n) is 11.2. The number of alkyl halides is 1. The topological polar surface area (TPSA) is 158 Å². The van der Waals surface area contributed by atoms with Crippen LogP contribution in [0.1, 0.15) is 33.9 Å². The predicted octanol–water partition coefficient (Wildman–Crippen LogP) is 2.31. The molecule has 0 amide bonds. The fourth-order valence-corrected chi connectivity index (χ4v) is 5.15. The van der Waals surface area contributed by atoms with Crippen molar-refractivity contribution >= 4 is 25.3 Å². The number of benzene rings is 1. The largest absolute Gasteiger partial charge is 0.462 e. The summed E-state index contributed by atoms with van der Waals surface area (Å²) in [7, 11) is -4.33. The Balaban J connectivity index is 1.82. The van der Waals surface area contributed by atoms with Crippen LogP contribution in [0.15, 0.2) is 46.1 Å². The molecule has 3 rings (SSSR count). The Hall–Kier alpha value is -2.54. The van der Waals surface area contributed by atoms with Crippen LogP contribution in [0.2, 0.25) is 5.02 Å². The molecule has 2 heterocycles. The van der Waals surface area contributed by atoms with E-state index in [0.29, 0.717) is 4.57 Å². The molecule has 1 fully saturated rings. The molecular weight excluding hydrogens is 536 g/mol.